The predicted molar refractivity (Wildman–Crippen MR) is 85.3 cm³/mol. The zero-order valence-electron chi connectivity index (χ0n) is 13.9. The third kappa shape index (κ3) is 4.46. The molecule has 0 spiro atoms. The first-order valence-corrected chi connectivity index (χ1v) is 8.37. The summed E-state index contributed by atoms with van der Waals surface area (Å²) in [5.74, 6) is 2.33. The molecule has 2 N–H and O–H groups in total. The van der Waals surface area contributed by atoms with Crippen molar-refractivity contribution in [3.8, 4) is 0 Å². The first-order valence-electron chi connectivity index (χ1n) is 8.37. The van der Waals surface area contributed by atoms with Gasteiger partial charge in [-0.3, -0.25) is 4.90 Å². The highest BCUT2D eigenvalue weighted by Gasteiger charge is 2.43. The summed E-state index contributed by atoms with van der Waals surface area (Å²) in [5.41, 5.74) is 6.53. The maximum Gasteiger partial charge on any atom is 0.0357 e. The van der Waals surface area contributed by atoms with Crippen molar-refractivity contribution in [2.75, 3.05) is 19.6 Å². The van der Waals surface area contributed by atoms with E-state index in [9.17, 15) is 0 Å². The topological polar surface area (TPSA) is 29.3 Å². The molecule has 2 nitrogen and oxygen atoms in total. The van der Waals surface area contributed by atoms with Crippen molar-refractivity contribution >= 4 is 0 Å². The fourth-order valence-electron chi connectivity index (χ4n) is 3.52. The van der Waals surface area contributed by atoms with Crippen molar-refractivity contribution in [3.63, 3.8) is 0 Å². The zero-order valence-corrected chi connectivity index (χ0v) is 13.9. The molecule has 1 aliphatic carbocycles. The Morgan fingerprint density at radius 2 is 1.63 bits per heavy atom. The predicted octanol–water partition coefficient (Wildman–Crippen LogP) is 3.90. The average Bonchev–Trinajstić information content (AvgIpc) is 2.71. The summed E-state index contributed by atoms with van der Waals surface area (Å²) in [6, 6.07) is 0. The molecule has 0 aromatic rings. The Morgan fingerprint density at radius 3 is 1.95 bits per heavy atom. The van der Waals surface area contributed by atoms with Gasteiger partial charge in [-0.15, -0.1) is 0 Å². The minimum atomic E-state index is 0.295. The normalized spacial score (nSPS) is 27.9. The van der Waals surface area contributed by atoms with Crippen molar-refractivity contribution in [2.24, 2.45) is 23.5 Å². The van der Waals surface area contributed by atoms with Crippen molar-refractivity contribution in [2.45, 2.75) is 72.3 Å². The molecule has 1 rings (SSSR count). The Morgan fingerprint density at radius 1 is 1.11 bits per heavy atom. The molecular weight excluding hydrogens is 232 g/mol. The molecule has 19 heavy (non-hydrogen) atoms. The molecule has 0 aliphatic heterocycles. The van der Waals surface area contributed by atoms with Gasteiger partial charge in [-0.05, 0) is 56.5 Å². The van der Waals surface area contributed by atoms with E-state index in [2.05, 4.69) is 39.5 Å². The summed E-state index contributed by atoms with van der Waals surface area (Å²) in [6.45, 7) is 15.0. The second kappa shape index (κ2) is 7.64. The van der Waals surface area contributed by atoms with E-state index in [1.165, 1.54) is 45.2 Å². The van der Waals surface area contributed by atoms with Gasteiger partial charge >= 0.3 is 0 Å². The van der Waals surface area contributed by atoms with Gasteiger partial charge in [0.25, 0.3) is 0 Å². The first kappa shape index (κ1) is 17.0. The van der Waals surface area contributed by atoms with E-state index < -0.39 is 0 Å². The molecule has 0 aromatic heterocycles. The first-order chi connectivity index (χ1) is 8.92. The van der Waals surface area contributed by atoms with Crippen LogP contribution in [0.1, 0.15) is 66.7 Å². The Hall–Kier alpha value is -0.0800. The highest BCUT2D eigenvalue weighted by Crippen LogP contribution is 2.40. The Kier molecular flexibility index (Phi) is 6.82. The second-order valence-corrected chi connectivity index (χ2v) is 7.45. The fourth-order valence-corrected chi connectivity index (χ4v) is 3.52. The smallest absolute Gasteiger partial charge is 0.0357 e. The standard InChI is InChI=1S/C17H36N2/c1-14(2)8-11-19(12-9-15(3)4)17(13-18)10-6-7-16(17)5/h14-16H,6-13,18H2,1-5H3. The minimum Gasteiger partial charge on any atom is -0.329 e. The molecule has 1 saturated carbocycles. The van der Waals surface area contributed by atoms with Crippen molar-refractivity contribution in [3.05, 3.63) is 0 Å². The summed E-state index contributed by atoms with van der Waals surface area (Å²) in [7, 11) is 0. The molecule has 2 heteroatoms. The van der Waals surface area contributed by atoms with E-state index in [1.807, 2.05) is 0 Å². The molecular formula is C17H36N2. The van der Waals surface area contributed by atoms with Crippen LogP contribution in [0.3, 0.4) is 0 Å². The lowest BCUT2D eigenvalue weighted by atomic mass is 9.85. The van der Waals surface area contributed by atoms with Gasteiger partial charge in [0.05, 0.1) is 0 Å². The van der Waals surface area contributed by atoms with Gasteiger partial charge in [0, 0.05) is 12.1 Å². The number of hydrogen-bond acceptors (Lipinski definition) is 2. The molecule has 1 fully saturated rings. The third-order valence-electron chi connectivity index (χ3n) is 5.10. The number of rotatable bonds is 8. The SMILES string of the molecule is CC(C)CCN(CCC(C)C)C1(CN)CCCC1C. The molecule has 0 aromatic carbocycles. The van der Waals surface area contributed by atoms with E-state index in [0.717, 1.165) is 24.3 Å². The van der Waals surface area contributed by atoms with Crippen LogP contribution in [0.4, 0.5) is 0 Å². The maximum atomic E-state index is 6.23. The van der Waals surface area contributed by atoms with Crippen molar-refractivity contribution < 1.29 is 0 Å². The minimum absolute atomic E-state index is 0.295. The third-order valence-corrected chi connectivity index (χ3v) is 5.10. The van der Waals surface area contributed by atoms with Gasteiger partial charge in [-0.2, -0.15) is 0 Å². The van der Waals surface area contributed by atoms with Gasteiger partial charge in [-0.25, -0.2) is 0 Å². The highest BCUT2D eigenvalue weighted by molar-refractivity contribution is 5.00. The molecule has 0 amide bonds. The molecule has 114 valence electrons. The maximum absolute atomic E-state index is 6.23. The van der Waals surface area contributed by atoms with Gasteiger partial charge in [0.1, 0.15) is 0 Å². The molecule has 0 bridgehead atoms. The summed E-state index contributed by atoms with van der Waals surface area (Å²) in [5, 5.41) is 0. The number of nitrogens with zero attached hydrogens (tertiary/aromatic N) is 1. The summed E-state index contributed by atoms with van der Waals surface area (Å²) in [6.07, 6.45) is 6.62. The van der Waals surface area contributed by atoms with Gasteiger partial charge in [-0.1, -0.05) is 41.0 Å². The zero-order chi connectivity index (χ0) is 14.5. The lowest BCUT2D eigenvalue weighted by molar-refractivity contribution is 0.0547. The van der Waals surface area contributed by atoms with E-state index in [1.54, 1.807) is 0 Å². The Labute approximate surface area is 121 Å². The second-order valence-electron chi connectivity index (χ2n) is 7.45. The van der Waals surface area contributed by atoms with Gasteiger partial charge < -0.3 is 5.73 Å². The largest absolute Gasteiger partial charge is 0.329 e. The molecule has 0 saturated heterocycles. The molecule has 0 heterocycles. The Bertz CT molecular complexity index is 238. The van der Waals surface area contributed by atoms with Gasteiger partial charge in [0.2, 0.25) is 0 Å². The van der Waals surface area contributed by atoms with E-state index in [4.69, 9.17) is 5.73 Å². The lowest BCUT2D eigenvalue weighted by Crippen LogP contribution is -2.56. The van der Waals surface area contributed by atoms with Crippen LogP contribution in [0.25, 0.3) is 0 Å². The van der Waals surface area contributed by atoms with Crippen LogP contribution < -0.4 is 5.73 Å². The van der Waals surface area contributed by atoms with Crippen LogP contribution in [-0.4, -0.2) is 30.1 Å². The van der Waals surface area contributed by atoms with E-state index >= 15 is 0 Å². The number of hydrogen-bond donors (Lipinski definition) is 1. The van der Waals surface area contributed by atoms with E-state index in [0.29, 0.717) is 5.54 Å². The van der Waals surface area contributed by atoms with Crippen LogP contribution in [0, 0.1) is 17.8 Å². The molecule has 1 aliphatic rings. The quantitative estimate of drug-likeness (QED) is 0.723. The molecule has 2 atom stereocenters. The van der Waals surface area contributed by atoms with Crippen LogP contribution in [0.5, 0.6) is 0 Å². The number of nitrogens with two attached hydrogens (primary N) is 1. The van der Waals surface area contributed by atoms with Crippen LogP contribution >= 0.6 is 0 Å². The van der Waals surface area contributed by atoms with Gasteiger partial charge in [0.15, 0.2) is 0 Å². The van der Waals surface area contributed by atoms with Crippen molar-refractivity contribution in [1.82, 2.24) is 4.90 Å². The van der Waals surface area contributed by atoms with Crippen molar-refractivity contribution in [1.29, 1.82) is 0 Å². The molecule has 0 radical (unpaired) electrons. The fraction of sp³-hybridized carbons (Fsp3) is 1.00. The Balaban J connectivity index is 2.74. The van der Waals surface area contributed by atoms with E-state index in [-0.39, 0.29) is 0 Å². The lowest BCUT2D eigenvalue weighted by Gasteiger charge is -2.45. The average molecular weight is 268 g/mol. The molecule has 2 unspecified atom stereocenters. The van der Waals surface area contributed by atoms with Crippen LogP contribution in [0.15, 0.2) is 0 Å². The van der Waals surface area contributed by atoms with Crippen LogP contribution in [-0.2, 0) is 0 Å². The summed E-state index contributed by atoms with van der Waals surface area (Å²) < 4.78 is 0. The van der Waals surface area contributed by atoms with Crippen LogP contribution in [0.2, 0.25) is 0 Å². The summed E-state index contributed by atoms with van der Waals surface area (Å²) >= 11 is 0. The summed E-state index contributed by atoms with van der Waals surface area (Å²) in [4.78, 5) is 2.75. The monoisotopic (exact) mass is 268 g/mol. The highest BCUT2D eigenvalue weighted by atomic mass is 15.2.